The van der Waals surface area contributed by atoms with Gasteiger partial charge in [-0.15, -0.1) is 0 Å². The van der Waals surface area contributed by atoms with Crippen molar-refractivity contribution in [2.24, 2.45) is 0 Å². The van der Waals surface area contributed by atoms with E-state index in [1.54, 1.807) is 29.2 Å². The number of carbonyl (C=O) groups excluding carboxylic acids is 2. The highest BCUT2D eigenvalue weighted by Gasteiger charge is 2.22. The summed E-state index contributed by atoms with van der Waals surface area (Å²) in [5, 5.41) is 0.678. The van der Waals surface area contributed by atoms with Gasteiger partial charge in [0.1, 0.15) is 0 Å². The average Bonchev–Trinajstić information content (AvgIpc) is 3.15. The maximum absolute atomic E-state index is 13.3. The first kappa shape index (κ1) is 21.0. The SMILES string of the molecule is COC(=O)c1ccc(C(=O)N(CCN(C)C)c2nc3c(C)c(C)ccc3s2)cc1. The summed E-state index contributed by atoms with van der Waals surface area (Å²) in [7, 11) is 5.28. The smallest absolute Gasteiger partial charge is 0.337 e. The number of hydrogen-bond donors (Lipinski definition) is 0. The minimum absolute atomic E-state index is 0.142. The molecule has 0 radical (unpaired) electrons. The van der Waals surface area contributed by atoms with Crippen molar-refractivity contribution in [1.82, 2.24) is 9.88 Å². The topological polar surface area (TPSA) is 62.7 Å². The second-order valence-electron chi connectivity index (χ2n) is 7.18. The van der Waals surface area contributed by atoms with E-state index in [2.05, 4.69) is 26.0 Å². The lowest BCUT2D eigenvalue weighted by Gasteiger charge is -2.22. The number of thiazole rings is 1. The maximum atomic E-state index is 13.3. The Bertz CT molecular complexity index is 1040. The summed E-state index contributed by atoms with van der Waals surface area (Å²) in [6.45, 7) is 5.34. The Morgan fingerprint density at radius 2 is 1.66 bits per heavy atom. The van der Waals surface area contributed by atoms with Crippen LogP contribution in [0.2, 0.25) is 0 Å². The Hall–Kier alpha value is -2.77. The van der Waals surface area contributed by atoms with Gasteiger partial charge in [-0.3, -0.25) is 9.69 Å². The fourth-order valence-electron chi connectivity index (χ4n) is 2.94. The van der Waals surface area contributed by atoms with Crippen LogP contribution < -0.4 is 4.90 Å². The molecule has 0 aliphatic heterocycles. The van der Waals surface area contributed by atoms with Crippen molar-refractivity contribution >= 4 is 38.6 Å². The number of carbonyl (C=O) groups is 2. The van der Waals surface area contributed by atoms with E-state index in [4.69, 9.17) is 9.72 Å². The molecule has 0 saturated carbocycles. The van der Waals surface area contributed by atoms with Gasteiger partial charge >= 0.3 is 5.97 Å². The monoisotopic (exact) mass is 411 g/mol. The lowest BCUT2D eigenvalue weighted by molar-refractivity contribution is 0.0600. The van der Waals surface area contributed by atoms with E-state index in [0.29, 0.717) is 29.3 Å². The van der Waals surface area contributed by atoms with Gasteiger partial charge < -0.3 is 9.64 Å². The standard InChI is InChI=1S/C22H25N3O3S/c1-14-6-11-18-19(15(14)2)23-22(29-18)25(13-12-24(3)4)20(26)16-7-9-17(10-8-16)21(27)28-5/h6-11H,12-13H2,1-5H3. The molecule has 6 nitrogen and oxygen atoms in total. The van der Waals surface area contributed by atoms with Crippen LogP contribution in [0.1, 0.15) is 31.8 Å². The Labute approximate surface area is 174 Å². The molecule has 29 heavy (non-hydrogen) atoms. The van der Waals surface area contributed by atoms with Crippen LogP contribution >= 0.6 is 11.3 Å². The number of likely N-dealkylation sites (N-methyl/N-ethyl adjacent to an activating group) is 1. The van der Waals surface area contributed by atoms with Crippen LogP contribution in [0.25, 0.3) is 10.2 Å². The molecular weight excluding hydrogens is 386 g/mol. The van der Waals surface area contributed by atoms with Crippen molar-refractivity contribution in [1.29, 1.82) is 0 Å². The number of rotatable bonds is 6. The molecular formula is C22H25N3O3S. The number of fused-ring (bicyclic) bond motifs is 1. The number of nitrogens with zero attached hydrogens (tertiary/aromatic N) is 3. The van der Waals surface area contributed by atoms with E-state index in [9.17, 15) is 9.59 Å². The first-order chi connectivity index (χ1) is 13.8. The molecule has 0 aliphatic carbocycles. The molecule has 1 heterocycles. The lowest BCUT2D eigenvalue weighted by atomic mass is 10.1. The highest BCUT2D eigenvalue weighted by atomic mass is 32.1. The normalized spacial score (nSPS) is 11.1. The van der Waals surface area contributed by atoms with Gasteiger partial charge in [-0.1, -0.05) is 17.4 Å². The van der Waals surface area contributed by atoms with Crippen molar-refractivity contribution in [3.63, 3.8) is 0 Å². The van der Waals surface area contributed by atoms with Crippen LogP contribution in [0.15, 0.2) is 36.4 Å². The van der Waals surface area contributed by atoms with Gasteiger partial charge in [0.05, 0.1) is 22.9 Å². The minimum Gasteiger partial charge on any atom is -0.465 e. The molecule has 0 fully saturated rings. The van der Waals surface area contributed by atoms with Gasteiger partial charge in [0.25, 0.3) is 5.91 Å². The first-order valence-corrected chi connectivity index (χ1v) is 10.1. The Morgan fingerprint density at radius 1 is 1.00 bits per heavy atom. The van der Waals surface area contributed by atoms with E-state index >= 15 is 0 Å². The highest BCUT2D eigenvalue weighted by molar-refractivity contribution is 7.22. The molecule has 0 spiro atoms. The van der Waals surface area contributed by atoms with Crippen LogP contribution in [0.4, 0.5) is 5.13 Å². The zero-order valence-electron chi connectivity index (χ0n) is 17.4. The molecule has 3 aromatic rings. The van der Waals surface area contributed by atoms with Gasteiger partial charge in [0, 0.05) is 18.7 Å². The summed E-state index contributed by atoms with van der Waals surface area (Å²) in [4.78, 5) is 33.5. The van der Waals surface area contributed by atoms with E-state index < -0.39 is 5.97 Å². The molecule has 152 valence electrons. The lowest BCUT2D eigenvalue weighted by Crippen LogP contribution is -2.36. The van der Waals surface area contributed by atoms with E-state index in [0.717, 1.165) is 15.8 Å². The van der Waals surface area contributed by atoms with Crippen LogP contribution in [0.3, 0.4) is 0 Å². The summed E-state index contributed by atoms with van der Waals surface area (Å²) < 4.78 is 5.79. The molecule has 2 aromatic carbocycles. The summed E-state index contributed by atoms with van der Waals surface area (Å²) in [5.41, 5.74) is 4.17. The largest absolute Gasteiger partial charge is 0.465 e. The van der Waals surface area contributed by atoms with Crippen LogP contribution in [0.5, 0.6) is 0 Å². The fourth-order valence-corrected chi connectivity index (χ4v) is 3.99. The molecule has 0 atom stereocenters. The van der Waals surface area contributed by atoms with Crippen molar-refractivity contribution in [3.8, 4) is 0 Å². The number of aromatic nitrogens is 1. The van der Waals surface area contributed by atoms with Crippen LogP contribution in [-0.2, 0) is 4.74 Å². The Morgan fingerprint density at radius 3 is 2.28 bits per heavy atom. The molecule has 0 N–H and O–H groups in total. The second-order valence-corrected chi connectivity index (χ2v) is 8.19. The zero-order chi connectivity index (χ0) is 21.1. The van der Waals surface area contributed by atoms with E-state index in [1.165, 1.54) is 24.0 Å². The molecule has 1 aromatic heterocycles. The van der Waals surface area contributed by atoms with Gasteiger partial charge in [-0.2, -0.15) is 0 Å². The zero-order valence-corrected chi connectivity index (χ0v) is 18.2. The Kier molecular flexibility index (Phi) is 6.30. The number of aryl methyl sites for hydroxylation is 2. The predicted octanol–water partition coefficient (Wildman–Crippen LogP) is 3.91. The minimum atomic E-state index is -0.425. The summed E-state index contributed by atoms with van der Waals surface area (Å²) in [6.07, 6.45) is 0. The fraction of sp³-hybridized carbons (Fsp3) is 0.318. The third kappa shape index (κ3) is 4.46. The average molecular weight is 412 g/mol. The molecule has 7 heteroatoms. The van der Waals surface area contributed by atoms with E-state index in [1.807, 2.05) is 19.0 Å². The molecule has 0 unspecified atom stereocenters. The summed E-state index contributed by atoms with van der Waals surface area (Å²) >= 11 is 1.52. The van der Waals surface area contributed by atoms with Gasteiger partial charge in [-0.05, 0) is 69.4 Å². The first-order valence-electron chi connectivity index (χ1n) is 9.33. The van der Waals surface area contributed by atoms with Crippen LogP contribution in [0, 0.1) is 13.8 Å². The van der Waals surface area contributed by atoms with Crippen molar-refractivity contribution in [2.75, 3.05) is 39.2 Å². The number of hydrogen-bond acceptors (Lipinski definition) is 6. The number of methoxy groups -OCH3 is 1. The van der Waals surface area contributed by atoms with Crippen molar-refractivity contribution < 1.29 is 14.3 Å². The predicted molar refractivity (Wildman–Crippen MR) is 117 cm³/mol. The quantitative estimate of drug-likeness (QED) is 0.576. The van der Waals surface area contributed by atoms with Gasteiger partial charge in [0.15, 0.2) is 5.13 Å². The number of esters is 1. The maximum Gasteiger partial charge on any atom is 0.337 e. The summed E-state index contributed by atoms with van der Waals surface area (Å²) in [6, 6.07) is 10.7. The Balaban J connectivity index is 1.97. The third-order valence-corrected chi connectivity index (χ3v) is 5.92. The summed E-state index contributed by atoms with van der Waals surface area (Å²) in [5.74, 6) is -0.567. The van der Waals surface area contributed by atoms with Crippen LogP contribution in [-0.4, -0.2) is 56.1 Å². The molecule has 3 rings (SSSR count). The number of ether oxygens (including phenoxy) is 1. The van der Waals surface area contributed by atoms with Gasteiger partial charge in [-0.25, -0.2) is 9.78 Å². The number of benzene rings is 2. The molecule has 0 aliphatic rings. The number of amides is 1. The third-order valence-electron chi connectivity index (χ3n) is 4.87. The molecule has 0 saturated heterocycles. The second kappa shape index (κ2) is 8.71. The van der Waals surface area contributed by atoms with Gasteiger partial charge in [0.2, 0.25) is 0 Å². The van der Waals surface area contributed by atoms with Crippen molar-refractivity contribution in [2.45, 2.75) is 13.8 Å². The highest BCUT2D eigenvalue weighted by Crippen LogP contribution is 2.32. The molecule has 1 amide bonds. The number of anilines is 1. The van der Waals surface area contributed by atoms with Crippen molar-refractivity contribution in [3.05, 3.63) is 58.7 Å². The molecule has 0 bridgehead atoms. The van der Waals surface area contributed by atoms with E-state index in [-0.39, 0.29) is 5.91 Å².